The van der Waals surface area contributed by atoms with Gasteiger partial charge in [0.05, 0.1) is 12.0 Å². The Morgan fingerprint density at radius 2 is 1.29 bits per heavy atom. The van der Waals surface area contributed by atoms with E-state index in [9.17, 15) is 4.79 Å². The summed E-state index contributed by atoms with van der Waals surface area (Å²) in [7, 11) is 0. The van der Waals surface area contributed by atoms with E-state index in [0.29, 0.717) is 5.02 Å². The number of β-lactam (4-membered cyclic amide) rings is 1. The monoisotopic (exact) mass is 333 g/mol. The Labute approximate surface area is 146 Å². The van der Waals surface area contributed by atoms with E-state index in [1.165, 1.54) is 0 Å². The Morgan fingerprint density at radius 1 is 0.708 bits per heavy atom. The number of benzene rings is 3. The zero-order valence-electron chi connectivity index (χ0n) is 13.0. The van der Waals surface area contributed by atoms with Gasteiger partial charge in [0, 0.05) is 10.7 Å². The zero-order valence-corrected chi connectivity index (χ0v) is 13.7. The van der Waals surface area contributed by atoms with Gasteiger partial charge in [0.25, 0.3) is 0 Å². The number of hydrogen-bond acceptors (Lipinski definition) is 1. The lowest BCUT2D eigenvalue weighted by molar-refractivity contribution is -0.126. The first-order chi connectivity index (χ1) is 11.8. The summed E-state index contributed by atoms with van der Waals surface area (Å²) in [6.45, 7) is 0. The number of para-hydroxylation sites is 1. The summed E-state index contributed by atoms with van der Waals surface area (Å²) in [5.41, 5.74) is 3.07. The Balaban J connectivity index is 1.78. The van der Waals surface area contributed by atoms with Gasteiger partial charge in [0.15, 0.2) is 0 Å². The first kappa shape index (κ1) is 15.0. The second-order valence-corrected chi connectivity index (χ2v) is 6.36. The molecule has 0 bridgehead atoms. The molecule has 3 aromatic rings. The van der Waals surface area contributed by atoms with E-state index >= 15 is 0 Å². The Hall–Kier alpha value is -2.58. The summed E-state index contributed by atoms with van der Waals surface area (Å²) in [6, 6.07) is 27.5. The molecule has 1 aliphatic heterocycles. The molecule has 0 aromatic heterocycles. The smallest absolute Gasteiger partial charge is 0.237 e. The van der Waals surface area contributed by atoms with Gasteiger partial charge in [0.1, 0.15) is 0 Å². The van der Waals surface area contributed by atoms with Gasteiger partial charge in [-0.2, -0.15) is 0 Å². The van der Waals surface area contributed by atoms with E-state index < -0.39 is 0 Å². The Bertz CT molecular complexity index is 797. The maximum Gasteiger partial charge on any atom is 0.237 e. The minimum atomic E-state index is -0.160. The van der Waals surface area contributed by atoms with Gasteiger partial charge in [-0.05, 0) is 35.4 Å². The van der Waals surface area contributed by atoms with Crippen LogP contribution in [-0.4, -0.2) is 5.91 Å². The molecule has 1 saturated heterocycles. The summed E-state index contributed by atoms with van der Waals surface area (Å²) in [5.74, 6) is -0.0278. The van der Waals surface area contributed by atoms with Crippen molar-refractivity contribution in [3.63, 3.8) is 0 Å². The fourth-order valence-corrected chi connectivity index (χ4v) is 3.48. The molecule has 2 atom stereocenters. The average molecular weight is 334 g/mol. The third-order valence-corrected chi connectivity index (χ3v) is 4.75. The SMILES string of the molecule is O=C1[C@@H](c2ccccc2)[C@@H](c2ccc(Cl)cc2)N1c1ccccc1. The highest BCUT2D eigenvalue weighted by atomic mass is 35.5. The maximum absolute atomic E-state index is 12.9. The fourth-order valence-electron chi connectivity index (χ4n) is 3.35. The molecule has 1 heterocycles. The van der Waals surface area contributed by atoms with Crippen LogP contribution in [0.2, 0.25) is 5.02 Å². The van der Waals surface area contributed by atoms with Crippen LogP contribution >= 0.6 is 11.6 Å². The van der Waals surface area contributed by atoms with Crippen molar-refractivity contribution in [2.75, 3.05) is 4.90 Å². The number of halogens is 1. The van der Waals surface area contributed by atoms with E-state index in [2.05, 4.69) is 0 Å². The average Bonchev–Trinajstić information content (AvgIpc) is 2.62. The molecule has 2 nitrogen and oxygen atoms in total. The number of carbonyl (C=O) groups is 1. The second-order valence-electron chi connectivity index (χ2n) is 5.93. The minimum Gasteiger partial charge on any atom is -0.303 e. The number of carbonyl (C=O) groups excluding carboxylic acids is 1. The molecule has 24 heavy (non-hydrogen) atoms. The zero-order chi connectivity index (χ0) is 16.5. The third kappa shape index (κ3) is 2.49. The molecule has 3 aromatic carbocycles. The fraction of sp³-hybridized carbons (Fsp3) is 0.0952. The van der Waals surface area contributed by atoms with E-state index in [1.807, 2.05) is 89.8 Å². The van der Waals surface area contributed by atoms with Crippen molar-refractivity contribution in [3.05, 3.63) is 101 Å². The lowest BCUT2D eigenvalue weighted by Gasteiger charge is -2.47. The van der Waals surface area contributed by atoms with Crippen molar-refractivity contribution in [3.8, 4) is 0 Å². The van der Waals surface area contributed by atoms with Gasteiger partial charge in [-0.3, -0.25) is 4.79 Å². The first-order valence-corrected chi connectivity index (χ1v) is 8.32. The van der Waals surface area contributed by atoms with Crippen LogP contribution in [0.15, 0.2) is 84.9 Å². The van der Waals surface area contributed by atoms with E-state index in [4.69, 9.17) is 11.6 Å². The number of anilines is 1. The molecule has 0 aliphatic carbocycles. The van der Waals surface area contributed by atoms with E-state index in [1.54, 1.807) is 0 Å². The van der Waals surface area contributed by atoms with Crippen LogP contribution in [0, 0.1) is 0 Å². The predicted molar refractivity (Wildman–Crippen MR) is 97.3 cm³/mol. The summed E-state index contributed by atoms with van der Waals surface area (Å²) in [5, 5.41) is 0.701. The van der Waals surface area contributed by atoms with Crippen molar-refractivity contribution >= 4 is 23.2 Å². The molecule has 0 N–H and O–H groups in total. The van der Waals surface area contributed by atoms with Crippen molar-refractivity contribution in [1.82, 2.24) is 0 Å². The molecule has 1 fully saturated rings. The molecular weight excluding hydrogens is 318 g/mol. The summed E-state index contributed by atoms with van der Waals surface area (Å²) < 4.78 is 0. The minimum absolute atomic E-state index is 0.0143. The maximum atomic E-state index is 12.9. The number of hydrogen-bond donors (Lipinski definition) is 0. The van der Waals surface area contributed by atoms with Crippen LogP contribution in [-0.2, 0) is 4.79 Å². The van der Waals surface area contributed by atoms with Crippen LogP contribution in [0.1, 0.15) is 23.1 Å². The van der Waals surface area contributed by atoms with E-state index in [0.717, 1.165) is 16.8 Å². The highest BCUT2D eigenvalue weighted by Gasteiger charge is 2.49. The molecule has 0 saturated carbocycles. The molecular formula is C21H16ClNO. The first-order valence-electron chi connectivity index (χ1n) is 7.94. The van der Waals surface area contributed by atoms with Gasteiger partial charge >= 0.3 is 0 Å². The van der Waals surface area contributed by atoms with E-state index in [-0.39, 0.29) is 17.9 Å². The second kappa shape index (κ2) is 6.14. The van der Waals surface area contributed by atoms with Gasteiger partial charge in [-0.25, -0.2) is 0 Å². The highest BCUT2D eigenvalue weighted by Crippen LogP contribution is 2.48. The number of nitrogens with zero attached hydrogens (tertiary/aromatic N) is 1. The van der Waals surface area contributed by atoms with Gasteiger partial charge < -0.3 is 4.90 Å². The third-order valence-electron chi connectivity index (χ3n) is 4.50. The van der Waals surface area contributed by atoms with Gasteiger partial charge in [-0.1, -0.05) is 72.3 Å². The van der Waals surface area contributed by atoms with Crippen molar-refractivity contribution in [1.29, 1.82) is 0 Å². The largest absolute Gasteiger partial charge is 0.303 e. The number of amides is 1. The summed E-state index contributed by atoms with van der Waals surface area (Å²) in [4.78, 5) is 14.8. The summed E-state index contributed by atoms with van der Waals surface area (Å²) >= 11 is 6.03. The topological polar surface area (TPSA) is 20.3 Å². The molecule has 0 spiro atoms. The van der Waals surface area contributed by atoms with Crippen LogP contribution in [0.5, 0.6) is 0 Å². The molecule has 118 valence electrons. The van der Waals surface area contributed by atoms with Gasteiger partial charge in [-0.15, -0.1) is 0 Å². The molecule has 1 amide bonds. The quantitative estimate of drug-likeness (QED) is 0.602. The molecule has 0 radical (unpaired) electrons. The highest BCUT2D eigenvalue weighted by molar-refractivity contribution is 6.30. The van der Waals surface area contributed by atoms with Crippen molar-refractivity contribution in [2.45, 2.75) is 12.0 Å². The normalized spacial score (nSPS) is 19.9. The van der Waals surface area contributed by atoms with Crippen LogP contribution in [0.4, 0.5) is 5.69 Å². The van der Waals surface area contributed by atoms with Crippen LogP contribution in [0.25, 0.3) is 0 Å². The van der Waals surface area contributed by atoms with Crippen molar-refractivity contribution < 1.29 is 4.79 Å². The lowest BCUT2D eigenvalue weighted by Crippen LogP contribution is -2.53. The van der Waals surface area contributed by atoms with Crippen molar-refractivity contribution in [2.24, 2.45) is 0 Å². The van der Waals surface area contributed by atoms with Crippen LogP contribution in [0.3, 0.4) is 0 Å². The number of rotatable bonds is 3. The molecule has 4 rings (SSSR count). The standard InChI is InChI=1S/C21H16ClNO/c22-17-13-11-16(12-14-17)20-19(15-7-3-1-4-8-15)21(24)23(20)18-9-5-2-6-10-18/h1-14,19-20H/t19-,20+/m0/s1. The van der Waals surface area contributed by atoms with Crippen LogP contribution < -0.4 is 4.90 Å². The Kier molecular flexibility index (Phi) is 3.83. The molecule has 1 aliphatic rings. The Morgan fingerprint density at radius 3 is 1.92 bits per heavy atom. The molecule has 0 unspecified atom stereocenters. The molecule has 3 heteroatoms. The van der Waals surface area contributed by atoms with Gasteiger partial charge in [0.2, 0.25) is 5.91 Å². The summed E-state index contributed by atoms with van der Waals surface area (Å²) in [6.07, 6.45) is 0. The lowest BCUT2D eigenvalue weighted by atomic mass is 9.77. The predicted octanol–water partition coefficient (Wildman–Crippen LogP) is 5.21.